The average molecular weight is 220 g/mol. The van der Waals surface area contributed by atoms with Crippen molar-refractivity contribution >= 4 is 15.9 Å². The van der Waals surface area contributed by atoms with E-state index in [2.05, 4.69) is 21.4 Å². The quantitative estimate of drug-likeness (QED) is 0.619. The number of halogens is 1. The van der Waals surface area contributed by atoms with Gasteiger partial charge in [-0.2, -0.15) is 0 Å². The normalized spacial score (nSPS) is 10.4. The number of hydroxylamine groups is 1. The first kappa shape index (κ1) is 8.77. The van der Waals surface area contributed by atoms with Crippen molar-refractivity contribution in [3.63, 3.8) is 0 Å². The first-order chi connectivity index (χ1) is 5.33. The fourth-order valence-corrected chi connectivity index (χ4v) is 1.08. The standard InChI is InChI=1S/C7H10BrNO2/c1-9-10-5-4-6-2-3-7(8)11-6/h2-3,9H,4-5H2,1H3. The molecule has 1 aromatic heterocycles. The third kappa shape index (κ3) is 3.05. The van der Waals surface area contributed by atoms with E-state index in [1.807, 2.05) is 12.1 Å². The minimum Gasteiger partial charge on any atom is -0.454 e. The zero-order valence-corrected chi connectivity index (χ0v) is 7.85. The lowest BCUT2D eigenvalue weighted by atomic mass is 10.3. The molecule has 3 nitrogen and oxygen atoms in total. The molecule has 1 heterocycles. The van der Waals surface area contributed by atoms with Crippen LogP contribution in [0.15, 0.2) is 21.2 Å². The second-order valence-electron chi connectivity index (χ2n) is 2.01. The molecule has 0 aliphatic rings. The van der Waals surface area contributed by atoms with E-state index >= 15 is 0 Å². The summed E-state index contributed by atoms with van der Waals surface area (Å²) in [5.74, 6) is 0.923. The van der Waals surface area contributed by atoms with Gasteiger partial charge in [-0.15, -0.1) is 0 Å². The molecule has 1 N–H and O–H groups in total. The predicted octanol–water partition coefficient (Wildman–Crippen LogP) is 1.74. The Morgan fingerprint density at radius 3 is 3.00 bits per heavy atom. The summed E-state index contributed by atoms with van der Waals surface area (Å²) in [6.07, 6.45) is 0.784. The van der Waals surface area contributed by atoms with Gasteiger partial charge in [0, 0.05) is 13.5 Å². The number of hydrogen-bond donors (Lipinski definition) is 1. The fraction of sp³-hybridized carbons (Fsp3) is 0.429. The van der Waals surface area contributed by atoms with Gasteiger partial charge < -0.3 is 9.25 Å². The summed E-state index contributed by atoms with van der Waals surface area (Å²) in [5.41, 5.74) is 2.59. The molecule has 0 saturated heterocycles. The Kier molecular flexibility index (Phi) is 3.62. The largest absolute Gasteiger partial charge is 0.454 e. The molecular formula is C7H10BrNO2. The molecule has 0 aliphatic carbocycles. The topological polar surface area (TPSA) is 34.4 Å². The van der Waals surface area contributed by atoms with Crippen LogP contribution < -0.4 is 5.48 Å². The lowest BCUT2D eigenvalue weighted by Gasteiger charge is -1.97. The third-order valence-corrected chi connectivity index (χ3v) is 1.65. The van der Waals surface area contributed by atoms with Gasteiger partial charge in [0.2, 0.25) is 0 Å². The molecule has 0 bridgehead atoms. The van der Waals surface area contributed by atoms with Crippen molar-refractivity contribution in [2.24, 2.45) is 0 Å². The van der Waals surface area contributed by atoms with E-state index in [0.717, 1.165) is 16.9 Å². The van der Waals surface area contributed by atoms with Gasteiger partial charge in [0.25, 0.3) is 0 Å². The monoisotopic (exact) mass is 219 g/mol. The molecule has 0 saturated carbocycles. The van der Waals surface area contributed by atoms with Gasteiger partial charge in [0.1, 0.15) is 5.76 Å². The van der Waals surface area contributed by atoms with Crippen molar-refractivity contribution in [3.05, 3.63) is 22.6 Å². The Bertz CT molecular complexity index is 212. The third-order valence-electron chi connectivity index (χ3n) is 1.22. The van der Waals surface area contributed by atoms with E-state index < -0.39 is 0 Å². The molecule has 0 aliphatic heterocycles. The highest BCUT2D eigenvalue weighted by molar-refractivity contribution is 9.10. The van der Waals surface area contributed by atoms with E-state index in [1.54, 1.807) is 7.05 Å². The molecule has 0 amide bonds. The summed E-state index contributed by atoms with van der Waals surface area (Å²) in [6.45, 7) is 0.621. The molecule has 0 atom stereocenters. The van der Waals surface area contributed by atoms with Crippen LogP contribution in [-0.2, 0) is 11.3 Å². The van der Waals surface area contributed by atoms with Gasteiger partial charge in [-0.1, -0.05) is 0 Å². The van der Waals surface area contributed by atoms with Crippen molar-refractivity contribution in [2.75, 3.05) is 13.7 Å². The van der Waals surface area contributed by atoms with Crippen LogP contribution in [0.25, 0.3) is 0 Å². The Morgan fingerprint density at radius 2 is 2.45 bits per heavy atom. The van der Waals surface area contributed by atoms with Crippen LogP contribution in [0.4, 0.5) is 0 Å². The minimum absolute atomic E-state index is 0.621. The Hall–Kier alpha value is -0.320. The Balaban J connectivity index is 2.27. The molecule has 1 aromatic rings. The SMILES string of the molecule is CNOCCc1ccc(Br)o1. The summed E-state index contributed by atoms with van der Waals surface area (Å²) in [7, 11) is 1.73. The maximum Gasteiger partial charge on any atom is 0.169 e. The van der Waals surface area contributed by atoms with Gasteiger partial charge in [-0.25, -0.2) is 5.48 Å². The Labute approximate surface area is 73.8 Å². The summed E-state index contributed by atoms with van der Waals surface area (Å²) in [5, 5.41) is 0. The highest BCUT2D eigenvalue weighted by Gasteiger charge is 1.97. The van der Waals surface area contributed by atoms with Crippen LogP contribution in [-0.4, -0.2) is 13.7 Å². The van der Waals surface area contributed by atoms with Gasteiger partial charge >= 0.3 is 0 Å². The summed E-state index contributed by atoms with van der Waals surface area (Å²) < 4.78 is 6.00. The highest BCUT2D eigenvalue weighted by atomic mass is 79.9. The summed E-state index contributed by atoms with van der Waals surface area (Å²) >= 11 is 3.22. The van der Waals surface area contributed by atoms with Gasteiger partial charge in [0.15, 0.2) is 4.67 Å². The first-order valence-corrected chi connectivity index (χ1v) is 4.15. The van der Waals surface area contributed by atoms with Gasteiger partial charge in [-0.3, -0.25) is 0 Å². The molecular weight excluding hydrogens is 210 g/mol. The lowest BCUT2D eigenvalue weighted by molar-refractivity contribution is 0.0580. The van der Waals surface area contributed by atoms with Crippen LogP contribution in [0, 0.1) is 0 Å². The van der Waals surface area contributed by atoms with Crippen LogP contribution >= 0.6 is 15.9 Å². The molecule has 11 heavy (non-hydrogen) atoms. The zero-order chi connectivity index (χ0) is 8.10. The molecule has 0 spiro atoms. The van der Waals surface area contributed by atoms with E-state index in [9.17, 15) is 0 Å². The molecule has 0 unspecified atom stereocenters. The zero-order valence-electron chi connectivity index (χ0n) is 6.26. The molecule has 0 aromatic carbocycles. The maximum absolute atomic E-state index is 5.24. The van der Waals surface area contributed by atoms with Crippen LogP contribution in [0.1, 0.15) is 5.76 Å². The lowest BCUT2D eigenvalue weighted by Crippen LogP contribution is -2.09. The second-order valence-corrected chi connectivity index (χ2v) is 2.79. The molecule has 4 heteroatoms. The van der Waals surface area contributed by atoms with Crippen molar-refractivity contribution in [1.82, 2.24) is 5.48 Å². The number of rotatable bonds is 4. The van der Waals surface area contributed by atoms with Crippen LogP contribution in [0.2, 0.25) is 0 Å². The molecule has 0 fully saturated rings. The number of hydrogen-bond acceptors (Lipinski definition) is 3. The van der Waals surface area contributed by atoms with Crippen molar-refractivity contribution < 1.29 is 9.25 Å². The van der Waals surface area contributed by atoms with Gasteiger partial charge in [0.05, 0.1) is 6.61 Å². The van der Waals surface area contributed by atoms with Crippen molar-refractivity contribution in [3.8, 4) is 0 Å². The number of furan rings is 1. The van der Waals surface area contributed by atoms with Crippen molar-refractivity contribution in [1.29, 1.82) is 0 Å². The van der Waals surface area contributed by atoms with Crippen molar-refractivity contribution in [2.45, 2.75) is 6.42 Å². The summed E-state index contributed by atoms with van der Waals surface area (Å²) in [6, 6.07) is 3.79. The van der Waals surface area contributed by atoms with E-state index in [0.29, 0.717) is 6.61 Å². The summed E-state index contributed by atoms with van der Waals surface area (Å²) in [4.78, 5) is 4.92. The molecule has 62 valence electrons. The van der Waals surface area contributed by atoms with Crippen LogP contribution in [0.5, 0.6) is 0 Å². The predicted molar refractivity (Wildman–Crippen MR) is 45.1 cm³/mol. The smallest absolute Gasteiger partial charge is 0.169 e. The van der Waals surface area contributed by atoms with E-state index in [4.69, 9.17) is 9.25 Å². The van der Waals surface area contributed by atoms with Gasteiger partial charge in [-0.05, 0) is 28.1 Å². The molecule has 1 rings (SSSR count). The first-order valence-electron chi connectivity index (χ1n) is 3.35. The second kappa shape index (κ2) is 4.54. The minimum atomic E-state index is 0.621. The molecule has 0 radical (unpaired) electrons. The number of nitrogens with one attached hydrogen (secondary N) is 1. The average Bonchev–Trinajstić information content (AvgIpc) is 2.37. The van der Waals surface area contributed by atoms with Crippen LogP contribution in [0.3, 0.4) is 0 Å². The highest BCUT2D eigenvalue weighted by Crippen LogP contribution is 2.13. The van der Waals surface area contributed by atoms with E-state index in [-0.39, 0.29) is 0 Å². The maximum atomic E-state index is 5.24. The Morgan fingerprint density at radius 1 is 1.64 bits per heavy atom. The fourth-order valence-electron chi connectivity index (χ4n) is 0.740. The van der Waals surface area contributed by atoms with E-state index in [1.165, 1.54) is 0 Å².